The summed E-state index contributed by atoms with van der Waals surface area (Å²) in [6.45, 7) is 2.22. The normalized spacial score (nSPS) is 17.9. The monoisotopic (exact) mass is 225 g/mol. The molecule has 1 saturated heterocycles. The molecule has 1 fully saturated rings. The van der Waals surface area contributed by atoms with Crippen molar-refractivity contribution < 1.29 is 4.74 Å². The predicted molar refractivity (Wildman–Crippen MR) is 59.6 cm³/mol. The number of thioether (sulfide) groups is 1. The van der Waals surface area contributed by atoms with Crippen LogP contribution in [-0.4, -0.2) is 28.4 Å². The number of nitrogens with zero attached hydrogens (tertiary/aromatic N) is 2. The number of ether oxygens (including phenoxy) is 1. The molecule has 0 saturated carbocycles. The molecule has 1 aromatic heterocycles. The molecular formula is C10H15N3OS. The van der Waals surface area contributed by atoms with Gasteiger partial charge in [-0.2, -0.15) is 0 Å². The van der Waals surface area contributed by atoms with E-state index in [0.29, 0.717) is 11.8 Å². The molecular weight excluding hydrogens is 210 g/mol. The van der Waals surface area contributed by atoms with E-state index in [1.165, 1.54) is 0 Å². The highest BCUT2D eigenvalue weighted by atomic mass is 32.2. The van der Waals surface area contributed by atoms with Gasteiger partial charge in [-0.15, -0.1) is 0 Å². The number of hydrogen-bond donors (Lipinski definition) is 1. The first-order valence-electron chi connectivity index (χ1n) is 5.14. The highest BCUT2D eigenvalue weighted by Crippen LogP contribution is 2.26. The number of nitrogens with two attached hydrogens (primary N) is 1. The Balaban J connectivity index is 1.91. The second-order valence-electron chi connectivity index (χ2n) is 3.51. The summed E-state index contributed by atoms with van der Waals surface area (Å²) in [5.41, 5.74) is 6.46. The first kappa shape index (κ1) is 10.9. The molecule has 0 radical (unpaired) electrons. The summed E-state index contributed by atoms with van der Waals surface area (Å²) in [5.74, 6) is 0. The first-order valence-corrected chi connectivity index (χ1v) is 6.02. The van der Waals surface area contributed by atoms with Gasteiger partial charge in [0.15, 0.2) is 5.16 Å². The van der Waals surface area contributed by atoms with Crippen LogP contribution in [0.25, 0.3) is 0 Å². The third-order valence-electron chi connectivity index (χ3n) is 2.36. The van der Waals surface area contributed by atoms with Crippen LogP contribution in [0.3, 0.4) is 0 Å². The van der Waals surface area contributed by atoms with E-state index < -0.39 is 0 Å². The first-order chi connectivity index (χ1) is 7.38. The predicted octanol–water partition coefficient (Wildman–Crippen LogP) is 1.21. The van der Waals surface area contributed by atoms with Crippen molar-refractivity contribution >= 4 is 11.8 Å². The molecule has 1 aromatic rings. The SMILES string of the molecule is NCc1cnc(SC2CCOCC2)nc1. The van der Waals surface area contributed by atoms with E-state index in [1.807, 2.05) is 0 Å². The van der Waals surface area contributed by atoms with Crippen LogP contribution in [0.2, 0.25) is 0 Å². The Morgan fingerprint density at radius 1 is 1.33 bits per heavy atom. The lowest BCUT2D eigenvalue weighted by molar-refractivity contribution is 0.1000. The summed E-state index contributed by atoms with van der Waals surface area (Å²) in [7, 11) is 0. The lowest BCUT2D eigenvalue weighted by Gasteiger charge is -2.20. The molecule has 2 N–H and O–H groups in total. The van der Waals surface area contributed by atoms with Crippen molar-refractivity contribution in [1.29, 1.82) is 0 Å². The zero-order valence-corrected chi connectivity index (χ0v) is 9.37. The maximum atomic E-state index is 5.48. The van der Waals surface area contributed by atoms with Crippen molar-refractivity contribution in [3.05, 3.63) is 18.0 Å². The van der Waals surface area contributed by atoms with Gasteiger partial charge in [-0.1, -0.05) is 11.8 Å². The smallest absolute Gasteiger partial charge is 0.187 e. The second-order valence-corrected chi connectivity index (χ2v) is 4.78. The van der Waals surface area contributed by atoms with Gasteiger partial charge >= 0.3 is 0 Å². The summed E-state index contributed by atoms with van der Waals surface area (Å²) in [6, 6.07) is 0. The molecule has 0 atom stereocenters. The Morgan fingerprint density at radius 3 is 2.60 bits per heavy atom. The van der Waals surface area contributed by atoms with E-state index in [-0.39, 0.29) is 0 Å². The zero-order chi connectivity index (χ0) is 10.5. The van der Waals surface area contributed by atoms with Gasteiger partial charge in [-0.3, -0.25) is 0 Å². The summed E-state index contributed by atoms with van der Waals surface area (Å²) >= 11 is 1.74. The fourth-order valence-electron chi connectivity index (χ4n) is 1.45. The summed E-state index contributed by atoms with van der Waals surface area (Å²) in [4.78, 5) is 8.55. The van der Waals surface area contributed by atoms with Crippen LogP contribution in [0.15, 0.2) is 17.6 Å². The van der Waals surface area contributed by atoms with E-state index in [4.69, 9.17) is 10.5 Å². The molecule has 4 nitrogen and oxygen atoms in total. The van der Waals surface area contributed by atoms with Crippen molar-refractivity contribution in [3.63, 3.8) is 0 Å². The molecule has 2 rings (SSSR count). The van der Waals surface area contributed by atoms with Gasteiger partial charge in [-0.05, 0) is 12.8 Å². The van der Waals surface area contributed by atoms with Gasteiger partial charge in [0.05, 0.1) is 0 Å². The van der Waals surface area contributed by atoms with E-state index in [2.05, 4.69) is 9.97 Å². The van der Waals surface area contributed by atoms with Gasteiger partial charge in [0.1, 0.15) is 0 Å². The van der Waals surface area contributed by atoms with Crippen molar-refractivity contribution in [2.24, 2.45) is 5.73 Å². The van der Waals surface area contributed by atoms with Gasteiger partial charge < -0.3 is 10.5 Å². The van der Waals surface area contributed by atoms with Crippen LogP contribution in [0.1, 0.15) is 18.4 Å². The Hall–Kier alpha value is -0.650. The van der Waals surface area contributed by atoms with Gasteiger partial charge in [0.2, 0.25) is 0 Å². The average molecular weight is 225 g/mol. The zero-order valence-electron chi connectivity index (χ0n) is 8.56. The third-order valence-corrected chi connectivity index (χ3v) is 3.58. The standard InChI is InChI=1S/C10H15N3OS/c11-5-8-6-12-10(13-7-8)15-9-1-3-14-4-2-9/h6-7,9H,1-5,11H2. The molecule has 82 valence electrons. The average Bonchev–Trinajstić information content (AvgIpc) is 2.31. The number of hydrogen-bond acceptors (Lipinski definition) is 5. The van der Waals surface area contributed by atoms with Crippen LogP contribution >= 0.6 is 11.8 Å². The van der Waals surface area contributed by atoms with Crippen LogP contribution in [0.5, 0.6) is 0 Å². The third kappa shape index (κ3) is 3.15. The molecule has 0 bridgehead atoms. The molecule has 0 aromatic carbocycles. The van der Waals surface area contributed by atoms with E-state index in [0.717, 1.165) is 36.8 Å². The fourth-order valence-corrected chi connectivity index (χ4v) is 2.41. The number of rotatable bonds is 3. The molecule has 2 heterocycles. The molecule has 1 aliphatic rings. The Bertz CT molecular complexity index is 298. The minimum atomic E-state index is 0.502. The van der Waals surface area contributed by atoms with E-state index in [9.17, 15) is 0 Å². The second kappa shape index (κ2) is 5.44. The van der Waals surface area contributed by atoms with Crippen LogP contribution < -0.4 is 5.73 Å². The lowest BCUT2D eigenvalue weighted by atomic mass is 10.2. The summed E-state index contributed by atoms with van der Waals surface area (Å²) in [6.07, 6.45) is 5.78. The maximum absolute atomic E-state index is 5.48. The van der Waals surface area contributed by atoms with E-state index >= 15 is 0 Å². The molecule has 1 aliphatic heterocycles. The Labute approximate surface area is 93.6 Å². The minimum Gasteiger partial charge on any atom is -0.381 e. The molecule has 5 heteroatoms. The van der Waals surface area contributed by atoms with Crippen LogP contribution in [0.4, 0.5) is 0 Å². The summed E-state index contributed by atoms with van der Waals surface area (Å²) < 4.78 is 5.30. The van der Waals surface area contributed by atoms with E-state index in [1.54, 1.807) is 24.2 Å². The van der Waals surface area contributed by atoms with Crippen molar-refractivity contribution in [1.82, 2.24) is 9.97 Å². The summed E-state index contributed by atoms with van der Waals surface area (Å²) in [5, 5.41) is 1.45. The minimum absolute atomic E-state index is 0.502. The van der Waals surface area contributed by atoms with Crippen molar-refractivity contribution in [2.45, 2.75) is 29.8 Å². The van der Waals surface area contributed by atoms with Gasteiger partial charge in [-0.25, -0.2) is 9.97 Å². The molecule has 0 aliphatic carbocycles. The molecule has 0 unspecified atom stereocenters. The highest BCUT2D eigenvalue weighted by Gasteiger charge is 2.15. The van der Waals surface area contributed by atoms with Gasteiger partial charge in [0.25, 0.3) is 0 Å². The topological polar surface area (TPSA) is 61.0 Å². The maximum Gasteiger partial charge on any atom is 0.187 e. The van der Waals surface area contributed by atoms with Crippen molar-refractivity contribution in [3.8, 4) is 0 Å². The van der Waals surface area contributed by atoms with Gasteiger partial charge in [0, 0.05) is 43.0 Å². The Kier molecular flexibility index (Phi) is 3.94. The molecule has 15 heavy (non-hydrogen) atoms. The molecule has 0 spiro atoms. The van der Waals surface area contributed by atoms with Crippen molar-refractivity contribution in [2.75, 3.05) is 13.2 Å². The van der Waals surface area contributed by atoms with Crippen LogP contribution in [-0.2, 0) is 11.3 Å². The Morgan fingerprint density at radius 2 is 2.00 bits per heavy atom. The largest absolute Gasteiger partial charge is 0.381 e. The number of aromatic nitrogens is 2. The lowest BCUT2D eigenvalue weighted by Crippen LogP contribution is -2.17. The highest BCUT2D eigenvalue weighted by molar-refractivity contribution is 7.99. The quantitative estimate of drug-likeness (QED) is 0.783. The van der Waals surface area contributed by atoms with Crippen LogP contribution in [0, 0.1) is 0 Å². The fraction of sp³-hybridized carbons (Fsp3) is 0.600. The molecule has 0 amide bonds.